The van der Waals surface area contributed by atoms with Crippen LogP contribution in [-0.4, -0.2) is 22.3 Å². The molecule has 0 bridgehead atoms. The second kappa shape index (κ2) is 10.1. The van der Waals surface area contributed by atoms with E-state index in [2.05, 4.69) is 120 Å². The van der Waals surface area contributed by atoms with Crippen LogP contribution in [0.4, 0.5) is 0 Å². The fourth-order valence-corrected chi connectivity index (χ4v) is 4.79. The van der Waals surface area contributed by atoms with Crippen LogP contribution < -0.4 is 5.32 Å². The van der Waals surface area contributed by atoms with Gasteiger partial charge in [0.05, 0.1) is 12.2 Å². The lowest BCUT2D eigenvalue weighted by molar-refractivity contribution is -0.676. The number of benzene rings is 4. The molecule has 1 aromatic heterocycles. The van der Waals surface area contributed by atoms with E-state index in [-0.39, 0.29) is 0 Å². The first-order valence-corrected chi connectivity index (χ1v) is 12.0. The molecule has 0 amide bonds. The first-order chi connectivity index (χ1) is 16.7. The van der Waals surface area contributed by atoms with E-state index in [1.807, 2.05) is 6.07 Å². The molecule has 3 heteroatoms. The van der Waals surface area contributed by atoms with Gasteiger partial charge in [0, 0.05) is 22.0 Å². The Labute approximate surface area is 201 Å². The quantitative estimate of drug-likeness (QED) is 0.328. The Kier molecular flexibility index (Phi) is 6.57. The Morgan fingerprint density at radius 2 is 1.38 bits per heavy atom. The van der Waals surface area contributed by atoms with E-state index in [1.165, 1.54) is 27.6 Å². The average molecular weight is 448 g/mol. The lowest BCUT2D eigenvalue weighted by Gasteiger charge is -2.16. The van der Waals surface area contributed by atoms with Crippen molar-refractivity contribution in [2.24, 2.45) is 0 Å². The maximum absolute atomic E-state index is 11.1. The highest BCUT2D eigenvalue weighted by Crippen LogP contribution is 2.41. The third-order valence-electron chi connectivity index (χ3n) is 6.38. The van der Waals surface area contributed by atoms with Crippen molar-refractivity contribution in [2.45, 2.75) is 26.1 Å². The van der Waals surface area contributed by atoms with Crippen molar-refractivity contribution in [1.29, 1.82) is 0 Å². The molecule has 34 heavy (non-hydrogen) atoms. The van der Waals surface area contributed by atoms with Gasteiger partial charge >= 0.3 is 0 Å². The second-order valence-corrected chi connectivity index (χ2v) is 8.95. The van der Waals surface area contributed by atoms with E-state index < -0.39 is 6.10 Å². The number of nitrogens with two attached hydrogens (primary N) is 1. The van der Waals surface area contributed by atoms with Crippen LogP contribution in [0.2, 0.25) is 0 Å². The largest absolute Gasteiger partial charge is 0.385 e. The molecular formula is C31H31N2O+. The minimum Gasteiger partial charge on any atom is -0.385 e. The van der Waals surface area contributed by atoms with E-state index in [0.717, 1.165) is 23.3 Å². The topological polar surface area (TPSA) is 41.8 Å². The van der Waals surface area contributed by atoms with Crippen LogP contribution in [0.1, 0.15) is 11.1 Å². The zero-order valence-corrected chi connectivity index (χ0v) is 19.6. The highest BCUT2D eigenvalue weighted by molar-refractivity contribution is 6.04. The van der Waals surface area contributed by atoms with E-state index in [4.69, 9.17) is 0 Å². The molecule has 1 heterocycles. The maximum atomic E-state index is 11.1. The fourth-order valence-electron chi connectivity index (χ4n) is 4.79. The molecule has 5 rings (SSSR count). The van der Waals surface area contributed by atoms with E-state index in [9.17, 15) is 5.11 Å². The molecule has 0 saturated heterocycles. The summed E-state index contributed by atoms with van der Waals surface area (Å²) in [5.74, 6) is 0. The molecule has 3 N–H and O–H groups in total. The molecule has 0 aliphatic carbocycles. The summed E-state index contributed by atoms with van der Waals surface area (Å²) >= 11 is 0. The number of hydrogen-bond acceptors (Lipinski definition) is 1. The van der Waals surface area contributed by atoms with Gasteiger partial charge in [0.25, 0.3) is 0 Å². The lowest BCUT2D eigenvalue weighted by atomic mass is 9.98. The highest BCUT2D eigenvalue weighted by Gasteiger charge is 2.22. The third-order valence-corrected chi connectivity index (χ3v) is 6.38. The molecule has 0 saturated carbocycles. The normalized spacial score (nSPS) is 12.2. The summed E-state index contributed by atoms with van der Waals surface area (Å²) in [5, 5.41) is 14.5. The molecule has 0 fully saturated rings. The van der Waals surface area contributed by atoms with Gasteiger partial charge in [-0.25, -0.2) is 0 Å². The molecule has 0 aliphatic heterocycles. The first-order valence-electron chi connectivity index (χ1n) is 12.0. The molecule has 0 unspecified atom stereocenters. The Morgan fingerprint density at radius 1 is 0.765 bits per heavy atom. The molecule has 170 valence electrons. The SMILES string of the molecule is Cc1ccc2c(c1)c(-c1ccccc1)c(-c1ccccc1)n2C[C@H](O)C[NH2+]Cc1ccccc1. The number of aromatic nitrogens is 1. The van der Waals surface area contributed by atoms with Crippen LogP contribution in [0.25, 0.3) is 33.3 Å². The van der Waals surface area contributed by atoms with Crippen molar-refractivity contribution in [3.63, 3.8) is 0 Å². The van der Waals surface area contributed by atoms with Crippen LogP contribution in [-0.2, 0) is 13.1 Å². The van der Waals surface area contributed by atoms with Gasteiger partial charge in [-0.15, -0.1) is 0 Å². The second-order valence-electron chi connectivity index (χ2n) is 8.95. The molecular weight excluding hydrogens is 416 g/mol. The predicted octanol–water partition coefficient (Wildman–Crippen LogP) is 5.41. The first kappa shape index (κ1) is 22.1. The van der Waals surface area contributed by atoms with Gasteiger partial charge < -0.3 is 15.0 Å². The van der Waals surface area contributed by atoms with Crippen LogP contribution in [0.15, 0.2) is 109 Å². The minimum absolute atomic E-state index is 0.466. The van der Waals surface area contributed by atoms with Crippen LogP contribution in [0, 0.1) is 6.92 Å². The molecule has 0 spiro atoms. The van der Waals surface area contributed by atoms with Crippen LogP contribution in [0.3, 0.4) is 0 Å². The monoisotopic (exact) mass is 447 g/mol. The van der Waals surface area contributed by atoms with Crippen molar-refractivity contribution >= 4 is 10.9 Å². The summed E-state index contributed by atoms with van der Waals surface area (Å²) in [7, 11) is 0. The van der Waals surface area contributed by atoms with Gasteiger partial charge in [0.1, 0.15) is 19.2 Å². The Bertz CT molecular complexity index is 1360. The summed E-state index contributed by atoms with van der Waals surface area (Å²) in [6.07, 6.45) is -0.466. The van der Waals surface area contributed by atoms with E-state index >= 15 is 0 Å². The molecule has 4 aromatic carbocycles. The van der Waals surface area contributed by atoms with Crippen molar-refractivity contribution in [3.8, 4) is 22.4 Å². The molecule has 3 nitrogen and oxygen atoms in total. The van der Waals surface area contributed by atoms with Crippen molar-refractivity contribution in [2.75, 3.05) is 6.54 Å². The van der Waals surface area contributed by atoms with E-state index in [0.29, 0.717) is 13.1 Å². The summed E-state index contributed by atoms with van der Waals surface area (Å²) in [6, 6.07) is 38.2. The average Bonchev–Trinajstić information content (AvgIpc) is 3.18. The number of quaternary nitrogens is 1. The summed E-state index contributed by atoms with van der Waals surface area (Å²) in [5.41, 5.74) is 8.41. The number of nitrogens with zero attached hydrogens (tertiary/aromatic N) is 1. The van der Waals surface area contributed by atoms with Crippen LogP contribution >= 0.6 is 0 Å². The Morgan fingerprint density at radius 3 is 2.06 bits per heavy atom. The third kappa shape index (κ3) is 4.67. The number of aryl methyl sites for hydroxylation is 1. The van der Waals surface area contributed by atoms with Gasteiger partial charge in [-0.05, 0) is 30.2 Å². The number of aliphatic hydroxyl groups is 1. The zero-order valence-electron chi connectivity index (χ0n) is 19.6. The molecule has 5 aromatic rings. The predicted molar refractivity (Wildman–Crippen MR) is 140 cm³/mol. The van der Waals surface area contributed by atoms with Crippen molar-refractivity contribution in [3.05, 3.63) is 120 Å². The van der Waals surface area contributed by atoms with E-state index in [1.54, 1.807) is 0 Å². The smallest absolute Gasteiger partial charge is 0.121 e. The van der Waals surface area contributed by atoms with Gasteiger partial charge in [-0.1, -0.05) is 103 Å². The van der Waals surface area contributed by atoms with Crippen LogP contribution in [0.5, 0.6) is 0 Å². The highest BCUT2D eigenvalue weighted by atomic mass is 16.3. The van der Waals surface area contributed by atoms with Gasteiger partial charge in [-0.2, -0.15) is 0 Å². The Hall–Kier alpha value is -3.66. The van der Waals surface area contributed by atoms with Gasteiger partial charge in [0.15, 0.2) is 0 Å². The molecule has 0 aliphatic rings. The fraction of sp³-hybridized carbons (Fsp3) is 0.161. The lowest BCUT2D eigenvalue weighted by Crippen LogP contribution is -2.85. The number of aliphatic hydroxyl groups excluding tert-OH is 1. The number of fused-ring (bicyclic) bond motifs is 1. The summed E-state index contributed by atoms with van der Waals surface area (Å²) < 4.78 is 2.31. The number of rotatable bonds is 8. The van der Waals surface area contributed by atoms with Gasteiger partial charge in [-0.3, -0.25) is 0 Å². The number of hydrogen-bond donors (Lipinski definition) is 2. The van der Waals surface area contributed by atoms with Crippen molar-refractivity contribution in [1.82, 2.24) is 4.57 Å². The Balaban J connectivity index is 1.55. The zero-order chi connectivity index (χ0) is 23.3. The minimum atomic E-state index is -0.466. The standard InChI is InChI=1S/C31H30N2O/c1-23-17-18-29-28(19-23)30(25-13-7-3-8-14-25)31(26-15-9-4-10-16-26)33(29)22-27(34)21-32-20-24-11-5-2-6-12-24/h2-19,27,32,34H,20-22H2,1H3/p+1/t27-/m1/s1. The summed E-state index contributed by atoms with van der Waals surface area (Å²) in [4.78, 5) is 0. The van der Waals surface area contributed by atoms with Crippen molar-refractivity contribution < 1.29 is 10.4 Å². The molecule has 1 atom stereocenters. The maximum Gasteiger partial charge on any atom is 0.121 e. The molecule has 0 radical (unpaired) electrons. The summed E-state index contributed by atoms with van der Waals surface area (Å²) in [6.45, 7) is 4.20. The van der Waals surface area contributed by atoms with Gasteiger partial charge in [0.2, 0.25) is 0 Å².